The van der Waals surface area contributed by atoms with Crippen LogP contribution in [0.2, 0.25) is 0 Å². The van der Waals surface area contributed by atoms with Crippen LogP contribution in [-0.2, 0) is 12.6 Å². The fraction of sp³-hybridized carbons (Fsp3) is 0.412. The molecule has 2 rings (SSSR count). The molecule has 0 aliphatic heterocycles. The standard InChI is InChI=1S/C17H20F3N3O/c1-4-8-12-9-6-7-10-14(12)23(3)15-13(17(18,19)20)11-21-16(22-15)24-5-2/h6-7,9-11H,4-5,8H2,1-3H3. The molecule has 4 nitrogen and oxygen atoms in total. The van der Waals surface area contributed by atoms with Crippen molar-refractivity contribution in [3.05, 3.63) is 41.6 Å². The fourth-order valence-electron chi connectivity index (χ4n) is 2.44. The summed E-state index contributed by atoms with van der Waals surface area (Å²) < 4.78 is 45.2. The van der Waals surface area contributed by atoms with E-state index < -0.39 is 11.7 Å². The molecule has 1 aromatic heterocycles. The van der Waals surface area contributed by atoms with Crippen LogP contribution >= 0.6 is 0 Å². The number of hydrogen-bond acceptors (Lipinski definition) is 4. The molecule has 0 aliphatic carbocycles. The van der Waals surface area contributed by atoms with Crippen molar-refractivity contribution in [1.29, 1.82) is 0 Å². The number of alkyl halides is 3. The van der Waals surface area contributed by atoms with Gasteiger partial charge in [-0.3, -0.25) is 0 Å². The lowest BCUT2D eigenvalue weighted by Crippen LogP contribution is -2.20. The van der Waals surface area contributed by atoms with Gasteiger partial charge in [-0.1, -0.05) is 31.5 Å². The highest BCUT2D eigenvalue weighted by atomic mass is 19.4. The van der Waals surface area contributed by atoms with Crippen LogP contribution in [0.4, 0.5) is 24.7 Å². The highest BCUT2D eigenvalue weighted by molar-refractivity contribution is 5.66. The van der Waals surface area contributed by atoms with Crippen molar-refractivity contribution < 1.29 is 17.9 Å². The Morgan fingerprint density at radius 1 is 1.17 bits per heavy atom. The zero-order chi connectivity index (χ0) is 17.7. The lowest BCUT2D eigenvalue weighted by molar-refractivity contribution is -0.137. The molecule has 0 saturated heterocycles. The van der Waals surface area contributed by atoms with Gasteiger partial charge < -0.3 is 9.64 Å². The van der Waals surface area contributed by atoms with Gasteiger partial charge in [-0.2, -0.15) is 18.2 Å². The lowest BCUT2D eigenvalue weighted by Gasteiger charge is -2.24. The topological polar surface area (TPSA) is 38.2 Å². The van der Waals surface area contributed by atoms with Gasteiger partial charge in [0, 0.05) is 18.9 Å². The first kappa shape index (κ1) is 18.0. The number of hydrogen-bond donors (Lipinski definition) is 0. The van der Waals surface area contributed by atoms with Crippen LogP contribution < -0.4 is 9.64 Å². The molecule has 0 bridgehead atoms. The predicted molar refractivity (Wildman–Crippen MR) is 86.7 cm³/mol. The molecule has 1 aromatic carbocycles. The second-order valence-corrected chi connectivity index (χ2v) is 5.26. The number of ether oxygens (including phenoxy) is 1. The van der Waals surface area contributed by atoms with Crippen molar-refractivity contribution in [2.24, 2.45) is 0 Å². The van der Waals surface area contributed by atoms with Crippen molar-refractivity contribution in [3.63, 3.8) is 0 Å². The van der Waals surface area contributed by atoms with Crippen molar-refractivity contribution in [2.45, 2.75) is 32.9 Å². The quantitative estimate of drug-likeness (QED) is 0.770. The highest BCUT2D eigenvalue weighted by Gasteiger charge is 2.37. The molecule has 0 atom stereocenters. The first-order chi connectivity index (χ1) is 11.4. The minimum atomic E-state index is -4.55. The number of benzene rings is 1. The predicted octanol–water partition coefficient (Wildman–Crippen LogP) is 4.61. The third-order valence-electron chi connectivity index (χ3n) is 3.52. The average molecular weight is 339 g/mol. The molecule has 0 radical (unpaired) electrons. The Bertz CT molecular complexity index is 689. The zero-order valence-electron chi connectivity index (χ0n) is 13.9. The molecule has 0 unspecified atom stereocenters. The summed E-state index contributed by atoms with van der Waals surface area (Å²) in [5.41, 5.74) is 0.762. The Labute approximate surface area is 139 Å². The van der Waals surface area contributed by atoms with E-state index in [0.717, 1.165) is 24.6 Å². The van der Waals surface area contributed by atoms with Gasteiger partial charge in [0.15, 0.2) is 5.82 Å². The average Bonchev–Trinajstić information content (AvgIpc) is 2.54. The molecule has 2 aromatic rings. The van der Waals surface area contributed by atoms with Gasteiger partial charge in [0.2, 0.25) is 0 Å². The number of aryl methyl sites for hydroxylation is 1. The third kappa shape index (κ3) is 3.96. The van der Waals surface area contributed by atoms with Crippen LogP contribution in [0.3, 0.4) is 0 Å². The van der Waals surface area contributed by atoms with E-state index in [1.165, 1.54) is 4.90 Å². The maximum atomic E-state index is 13.3. The van der Waals surface area contributed by atoms with Gasteiger partial charge >= 0.3 is 12.2 Å². The Kier molecular flexibility index (Phi) is 5.64. The van der Waals surface area contributed by atoms with Gasteiger partial charge in [0.1, 0.15) is 5.56 Å². The normalized spacial score (nSPS) is 11.4. The SMILES string of the molecule is CCCc1ccccc1N(C)c1nc(OCC)ncc1C(F)(F)F. The summed E-state index contributed by atoms with van der Waals surface area (Å²) in [6.45, 7) is 4.03. The molecule has 7 heteroatoms. The first-order valence-electron chi connectivity index (χ1n) is 7.77. The van der Waals surface area contributed by atoms with E-state index in [0.29, 0.717) is 5.69 Å². The summed E-state index contributed by atoms with van der Waals surface area (Å²) in [5.74, 6) is -0.218. The molecular formula is C17H20F3N3O. The van der Waals surface area contributed by atoms with E-state index in [2.05, 4.69) is 9.97 Å². The van der Waals surface area contributed by atoms with E-state index >= 15 is 0 Å². The van der Waals surface area contributed by atoms with Crippen LogP contribution in [0.5, 0.6) is 6.01 Å². The van der Waals surface area contributed by atoms with Crippen LogP contribution in [0.1, 0.15) is 31.4 Å². The zero-order valence-corrected chi connectivity index (χ0v) is 13.9. The monoisotopic (exact) mass is 339 g/mol. The molecule has 130 valence electrons. The summed E-state index contributed by atoms with van der Waals surface area (Å²) in [4.78, 5) is 9.07. The number of rotatable bonds is 6. The summed E-state index contributed by atoms with van der Waals surface area (Å²) in [5, 5.41) is 0. The van der Waals surface area contributed by atoms with Gasteiger partial charge in [-0.25, -0.2) is 4.98 Å². The van der Waals surface area contributed by atoms with Crippen molar-refractivity contribution in [2.75, 3.05) is 18.6 Å². The van der Waals surface area contributed by atoms with E-state index in [1.54, 1.807) is 26.1 Å². The molecule has 24 heavy (non-hydrogen) atoms. The summed E-state index contributed by atoms with van der Waals surface area (Å²) in [6.07, 6.45) is -2.11. The largest absolute Gasteiger partial charge is 0.464 e. The van der Waals surface area contributed by atoms with E-state index in [9.17, 15) is 13.2 Å². The molecule has 0 fully saturated rings. The second-order valence-electron chi connectivity index (χ2n) is 5.26. The summed E-state index contributed by atoms with van der Waals surface area (Å²) in [6, 6.07) is 7.29. The number of halogens is 3. The second kappa shape index (κ2) is 7.51. The highest BCUT2D eigenvalue weighted by Crippen LogP contribution is 2.38. The Hall–Kier alpha value is -2.31. The summed E-state index contributed by atoms with van der Waals surface area (Å²) >= 11 is 0. The van der Waals surface area contributed by atoms with Crippen molar-refractivity contribution >= 4 is 11.5 Å². The Morgan fingerprint density at radius 2 is 1.88 bits per heavy atom. The minimum Gasteiger partial charge on any atom is -0.464 e. The molecule has 0 spiro atoms. The maximum absolute atomic E-state index is 13.3. The lowest BCUT2D eigenvalue weighted by atomic mass is 10.1. The van der Waals surface area contributed by atoms with Crippen LogP contribution in [0.15, 0.2) is 30.5 Å². The molecule has 0 saturated carbocycles. The van der Waals surface area contributed by atoms with E-state index in [4.69, 9.17) is 4.74 Å². The maximum Gasteiger partial charge on any atom is 0.421 e. The van der Waals surface area contributed by atoms with Gasteiger partial charge in [-0.15, -0.1) is 0 Å². The van der Waals surface area contributed by atoms with Gasteiger partial charge in [0.05, 0.1) is 6.61 Å². The van der Waals surface area contributed by atoms with Gasteiger partial charge in [-0.05, 0) is 25.0 Å². The fourth-order valence-corrected chi connectivity index (χ4v) is 2.44. The number of aromatic nitrogens is 2. The van der Waals surface area contributed by atoms with Crippen LogP contribution in [0, 0.1) is 0 Å². The molecule has 0 aliphatic rings. The molecular weight excluding hydrogens is 319 g/mol. The smallest absolute Gasteiger partial charge is 0.421 e. The third-order valence-corrected chi connectivity index (χ3v) is 3.52. The molecule has 0 amide bonds. The minimum absolute atomic E-state index is 0.0691. The van der Waals surface area contributed by atoms with Crippen molar-refractivity contribution in [1.82, 2.24) is 9.97 Å². The van der Waals surface area contributed by atoms with E-state index in [-0.39, 0.29) is 18.4 Å². The Balaban J connectivity index is 2.54. The van der Waals surface area contributed by atoms with Crippen LogP contribution in [0.25, 0.3) is 0 Å². The van der Waals surface area contributed by atoms with Crippen LogP contribution in [-0.4, -0.2) is 23.6 Å². The number of nitrogens with zero attached hydrogens (tertiary/aromatic N) is 3. The number of anilines is 2. The Morgan fingerprint density at radius 3 is 2.50 bits per heavy atom. The first-order valence-corrected chi connectivity index (χ1v) is 7.77. The van der Waals surface area contributed by atoms with Crippen molar-refractivity contribution in [3.8, 4) is 6.01 Å². The number of para-hydroxylation sites is 1. The molecule has 1 heterocycles. The molecule has 0 N–H and O–H groups in total. The van der Waals surface area contributed by atoms with Gasteiger partial charge in [0.25, 0.3) is 0 Å². The summed E-state index contributed by atoms with van der Waals surface area (Å²) in [7, 11) is 1.57. The van der Waals surface area contributed by atoms with E-state index in [1.807, 2.05) is 19.1 Å².